The normalized spacial score (nSPS) is 11.2. The molecule has 0 bridgehead atoms. The molecule has 0 aliphatic rings. The maximum atomic E-state index is 11.5. The van der Waals surface area contributed by atoms with Gasteiger partial charge in [0.2, 0.25) is 0 Å². The highest BCUT2D eigenvalue weighted by atomic mass is 28.3. The Morgan fingerprint density at radius 3 is 2.32 bits per heavy atom. The maximum absolute atomic E-state index is 11.5. The van der Waals surface area contributed by atoms with Gasteiger partial charge >= 0.3 is 6.09 Å². The molecule has 0 aliphatic carbocycles. The number of carbonyl (C=O) groups is 1. The molecule has 3 N–H and O–H groups in total. The second-order valence-electron chi connectivity index (χ2n) is 5.82. The molecule has 106 valence electrons. The standard InChI is InChI=1S/C14H24N2O2Si/c1-19(2,3)9-8-18-14(17)16-11-13-6-4-12(10-15)5-7-13/h4-7H,8-11,15H2,1-3H3,(H,16,17). The third-order valence-electron chi connectivity index (χ3n) is 2.78. The zero-order chi connectivity index (χ0) is 14.3. The minimum Gasteiger partial charge on any atom is -0.450 e. The summed E-state index contributed by atoms with van der Waals surface area (Å²) in [5, 5.41) is 2.75. The van der Waals surface area contributed by atoms with E-state index in [1.165, 1.54) is 0 Å². The molecule has 1 aromatic rings. The summed E-state index contributed by atoms with van der Waals surface area (Å²) in [5.41, 5.74) is 7.65. The predicted molar refractivity (Wildman–Crippen MR) is 80.7 cm³/mol. The fourth-order valence-electron chi connectivity index (χ4n) is 1.47. The van der Waals surface area contributed by atoms with Crippen molar-refractivity contribution in [2.45, 2.75) is 38.8 Å². The van der Waals surface area contributed by atoms with E-state index in [2.05, 4.69) is 25.0 Å². The third-order valence-corrected chi connectivity index (χ3v) is 4.48. The van der Waals surface area contributed by atoms with Crippen LogP contribution >= 0.6 is 0 Å². The Labute approximate surface area is 116 Å². The number of nitrogens with two attached hydrogens (primary N) is 1. The first kappa shape index (κ1) is 15.7. The van der Waals surface area contributed by atoms with Gasteiger partial charge in [0.15, 0.2) is 0 Å². The minimum atomic E-state index is -1.14. The van der Waals surface area contributed by atoms with Gasteiger partial charge in [-0.25, -0.2) is 4.79 Å². The molecule has 5 heteroatoms. The van der Waals surface area contributed by atoms with E-state index in [1.54, 1.807) is 0 Å². The van der Waals surface area contributed by atoms with E-state index in [0.29, 0.717) is 19.7 Å². The minimum absolute atomic E-state index is 0.346. The second kappa shape index (κ2) is 7.30. The molecule has 1 rings (SSSR count). The first-order chi connectivity index (χ1) is 8.90. The summed E-state index contributed by atoms with van der Waals surface area (Å²) in [5.74, 6) is 0. The number of ether oxygens (including phenoxy) is 1. The lowest BCUT2D eigenvalue weighted by molar-refractivity contribution is 0.151. The van der Waals surface area contributed by atoms with Gasteiger partial charge in [-0.1, -0.05) is 43.9 Å². The van der Waals surface area contributed by atoms with Crippen LogP contribution in [0.4, 0.5) is 4.79 Å². The van der Waals surface area contributed by atoms with E-state index in [4.69, 9.17) is 10.5 Å². The zero-order valence-electron chi connectivity index (χ0n) is 12.0. The molecule has 19 heavy (non-hydrogen) atoms. The van der Waals surface area contributed by atoms with Crippen LogP contribution in [0.3, 0.4) is 0 Å². The molecule has 1 aromatic carbocycles. The van der Waals surface area contributed by atoms with E-state index in [0.717, 1.165) is 17.2 Å². The maximum Gasteiger partial charge on any atom is 0.407 e. The van der Waals surface area contributed by atoms with Crippen LogP contribution in [-0.2, 0) is 17.8 Å². The fraction of sp³-hybridized carbons (Fsp3) is 0.500. The van der Waals surface area contributed by atoms with Gasteiger partial charge in [0, 0.05) is 21.2 Å². The van der Waals surface area contributed by atoms with Crippen molar-refractivity contribution in [2.24, 2.45) is 5.73 Å². The number of hydrogen-bond donors (Lipinski definition) is 2. The molecule has 0 heterocycles. The van der Waals surface area contributed by atoms with Crippen LogP contribution in [0.1, 0.15) is 11.1 Å². The van der Waals surface area contributed by atoms with Gasteiger partial charge in [0.25, 0.3) is 0 Å². The lowest BCUT2D eigenvalue weighted by atomic mass is 10.1. The second-order valence-corrected chi connectivity index (χ2v) is 11.4. The highest BCUT2D eigenvalue weighted by molar-refractivity contribution is 6.76. The number of rotatable bonds is 6. The van der Waals surface area contributed by atoms with E-state index in [9.17, 15) is 4.79 Å². The SMILES string of the molecule is C[Si](C)(C)CCOC(=O)NCc1ccc(CN)cc1. The lowest BCUT2D eigenvalue weighted by Gasteiger charge is -2.15. The Balaban J connectivity index is 2.26. The molecule has 0 aromatic heterocycles. The van der Waals surface area contributed by atoms with Crippen LogP contribution in [-0.4, -0.2) is 20.8 Å². The summed E-state index contributed by atoms with van der Waals surface area (Å²) >= 11 is 0. The Morgan fingerprint density at radius 1 is 1.21 bits per heavy atom. The molecule has 0 aliphatic heterocycles. The van der Waals surface area contributed by atoms with Gasteiger partial charge in [0.1, 0.15) is 0 Å². The van der Waals surface area contributed by atoms with Crippen molar-refractivity contribution in [3.63, 3.8) is 0 Å². The van der Waals surface area contributed by atoms with E-state index in [-0.39, 0.29) is 6.09 Å². The molecule has 0 fully saturated rings. The van der Waals surface area contributed by atoms with Gasteiger partial charge < -0.3 is 15.8 Å². The molecule has 0 unspecified atom stereocenters. The van der Waals surface area contributed by atoms with Gasteiger partial charge in [-0.15, -0.1) is 0 Å². The van der Waals surface area contributed by atoms with Crippen molar-refractivity contribution < 1.29 is 9.53 Å². The van der Waals surface area contributed by atoms with Crippen LogP contribution in [0.5, 0.6) is 0 Å². The smallest absolute Gasteiger partial charge is 0.407 e. The van der Waals surface area contributed by atoms with E-state index >= 15 is 0 Å². The van der Waals surface area contributed by atoms with Crippen molar-refractivity contribution in [1.29, 1.82) is 0 Å². The largest absolute Gasteiger partial charge is 0.450 e. The van der Waals surface area contributed by atoms with E-state index < -0.39 is 8.07 Å². The molecule has 0 spiro atoms. The molecule has 0 saturated carbocycles. The highest BCUT2D eigenvalue weighted by Crippen LogP contribution is 2.07. The monoisotopic (exact) mass is 280 g/mol. The number of hydrogen-bond acceptors (Lipinski definition) is 3. The van der Waals surface area contributed by atoms with Crippen LogP contribution in [0.25, 0.3) is 0 Å². The molecular weight excluding hydrogens is 256 g/mol. The van der Waals surface area contributed by atoms with Crippen LogP contribution in [0.2, 0.25) is 25.7 Å². The molecular formula is C14H24N2O2Si. The van der Waals surface area contributed by atoms with Crippen molar-refractivity contribution in [2.75, 3.05) is 6.61 Å². The quantitative estimate of drug-likeness (QED) is 0.787. The third kappa shape index (κ3) is 6.98. The predicted octanol–water partition coefficient (Wildman–Crippen LogP) is 2.71. The summed E-state index contributed by atoms with van der Waals surface area (Å²) < 4.78 is 5.15. The zero-order valence-corrected chi connectivity index (χ0v) is 13.0. The van der Waals surface area contributed by atoms with Gasteiger partial charge in [-0.05, 0) is 17.2 Å². The van der Waals surface area contributed by atoms with Gasteiger partial charge in [-0.3, -0.25) is 0 Å². The molecule has 4 nitrogen and oxygen atoms in total. The summed E-state index contributed by atoms with van der Waals surface area (Å²) in [6.07, 6.45) is -0.346. The van der Waals surface area contributed by atoms with Crippen molar-refractivity contribution in [1.82, 2.24) is 5.32 Å². The summed E-state index contributed by atoms with van der Waals surface area (Å²) in [4.78, 5) is 11.5. The summed E-state index contributed by atoms with van der Waals surface area (Å²) in [7, 11) is -1.14. The Bertz CT molecular complexity index is 399. The number of alkyl carbamates (subject to hydrolysis) is 1. The Hall–Kier alpha value is -1.33. The first-order valence-electron chi connectivity index (χ1n) is 6.59. The van der Waals surface area contributed by atoms with Crippen molar-refractivity contribution >= 4 is 14.2 Å². The van der Waals surface area contributed by atoms with Gasteiger partial charge in [0.05, 0.1) is 6.61 Å². The number of carbonyl (C=O) groups excluding carboxylic acids is 1. The molecule has 1 amide bonds. The molecule has 0 saturated heterocycles. The van der Waals surface area contributed by atoms with Gasteiger partial charge in [-0.2, -0.15) is 0 Å². The van der Waals surface area contributed by atoms with Crippen molar-refractivity contribution in [3.05, 3.63) is 35.4 Å². The average molecular weight is 280 g/mol. The lowest BCUT2D eigenvalue weighted by Crippen LogP contribution is -2.27. The topological polar surface area (TPSA) is 64.3 Å². The molecule has 0 radical (unpaired) electrons. The Kier molecular flexibility index (Phi) is 6.04. The first-order valence-corrected chi connectivity index (χ1v) is 10.3. The van der Waals surface area contributed by atoms with Crippen LogP contribution < -0.4 is 11.1 Å². The summed E-state index contributed by atoms with van der Waals surface area (Å²) in [6, 6.07) is 8.85. The number of benzene rings is 1. The Morgan fingerprint density at radius 2 is 1.79 bits per heavy atom. The van der Waals surface area contributed by atoms with E-state index in [1.807, 2.05) is 24.3 Å². The fourth-order valence-corrected chi connectivity index (χ4v) is 2.18. The van der Waals surface area contributed by atoms with Crippen LogP contribution in [0.15, 0.2) is 24.3 Å². The van der Waals surface area contributed by atoms with Crippen LogP contribution in [0, 0.1) is 0 Å². The average Bonchev–Trinajstić information content (AvgIpc) is 2.35. The molecule has 0 atom stereocenters. The number of nitrogens with one attached hydrogen (secondary N) is 1. The number of amides is 1. The summed E-state index contributed by atoms with van der Waals surface area (Å²) in [6.45, 7) is 8.30. The highest BCUT2D eigenvalue weighted by Gasteiger charge is 2.13. The van der Waals surface area contributed by atoms with Crippen molar-refractivity contribution in [3.8, 4) is 0 Å².